The first-order chi connectivity index (χ1) is 31.4. The molecule has 384 valence electrons. The fraction of sp³-hybridized carbons (Fsp3) is 0.816. The molecule has 1 fully saturated rings. The van der Waals surface area contributed by atoms with Crippen LogP contribution in [0.5, 0.6) is 0 Å². The third-order valence-corrected chi connectivity index (χ3v) is 11.7. The summed E-state index contributed by atoms with van der Waals surface area (Å²) in [5.74, 6) is -6.18. The molecule has 0 aromatic heterocycles. The monoisotopic (exact) mass is 950 g/mol. The van der Waals surface area contributed by atoms with Crippen LogP contribution in [-0.4, -0.2) is 113 Å². The summed E-state index contributed by atoms with van der Waals surface area (Å²) in [5.41, 5.74) is 3.98. The number of primary amides is 1. The van der Waals surface area contributed by atoms with Gasteiger partial charge in [-0.3, -0.25) is 43.2 Å². The SMILES string of the molecule is CCCCCCCCCCCCCC(=O)NC(C)(C)C(=O)N1CC[C@H](OC(C)=O)[C@H]1C(=O)N[C@@H](CC(C)C)C(=O)N[C@H](C(=O)N[C@@H](CCC(N)=O)C(=O)N[C@H](COC(C)=O)CC(C)C)C(C)C. The molecule has 7 amide bonds. The van der Waals surface area contributed by atoms with Crippen molar-refractivity contribution in [1.82, 2.24) is 31.5 Å². The van der Waals surface area contributed by atoms with Gasteiger partial charge in [-0.05, 0) is 57.3 Å². The summed E-state index contributed by atoms with van der Waals surface area (Å²) >= 11 is 0. The fourth-order valence-corrected chi connectivity index (χ4v) is 8.24. The summed E-state index contributed by atoms with van der Waals surface area (Å²) in [7, 11) is 0. The lowest BCUT2D eigenvalue weighted by Crippen LogP contribution is -2.62. The molecule has 0 bridgehead atoms. The Morgan fingerprint density at radius 1 is 0.672 bits per heavy atom. The third kappa shape index (κ3) is 24.2. The molecule has 0 aliphatic carbocycles. The number of carbonyl (C=O) groups excluding carboxylic acids is 9. The Hall–Kier alpha value is -4.77. The normalized spacial score (nSPS) is 16.7. The average Bonchev–Trinajstić information content (AvgIpc) is 3.63. The number of esters is 2. The van der Waals surface area contributed by atoms with Crippen LogP contribution in [-0.2, 0) is 52.6 Å². The number of unbranched alkanes of at least 4 members (excludes halogenated alkanes) is 10. The number of likely N-dealkylation sites (tertiary alicyclic amines) is 1. The first-order valence-corrected chi connectivity index (χ1v) is 24.8. The molecule has 18 heteroatoms. The molecule has 1 aliphatic heterocycles. The Morgan fingerprint density at radius 3 is 1.73 bits per heavy atom. The smallest absolute Gasteiger partial charge is 0.302 e. The van der Waals surface area contributed by atoms with Crippen LogP contribution in [0.2, 0.25) is 0 Å². The van der Waals surface area contributed by atoms with Gasteiger partial charge in [0.05, 0.1) is 6.04 Å². The number of rotatable bonds is 33. The van der Waals surface area contributed by atoms with Crippen molar-refractivity contribution in [2.24, 2.45) is 23.5 Å². The van der Waals surface area contributed by atoms with E-state index in [0.717, 1.165) is 19.3 Å². The van der Waals surface area contributed by atoms with Gasteiger partial charge >= 0.3 is 11.9 Å². The molecule has 0 unspecified atom stereocenters. The summed E-state index contributed by atoms with van der Waals surface area (Å²) in [5, 5.41) is 13.8. The van der Waals surface area contributed by atoms with E-state index in [4.69, 9.17) is 15.2 Å². The van der Waals surface area contributed by atoms with Crippen molar-refractivity contribution in [3.8, 4) is 0 Å². The molecule has 1 heterocycles. The highest BCUT2D eigenvalue weighted by Gasteiger charge is 2.48. The summed E-state index contributed by atoms with van der Waals surface area (Å²) in [6, 6.07) is -5.62. The number of ether oxygens (including phenoxy) is 2. The van der Waals surface area contributed by atoms with Crippen molar-refractivity contribution in [2.45, 2.75) is 227 Å². The summed E-state index contributed by atoms with van der Waals surface area (Å²) in [4.78, 5) is 120. The van der Waals surface area contributed by atoms with E-state index in [9.17, 15) is 43.2 Å². The van der Waals surface area contributed by atoms with Crippen LogP contribution < -0.4 is 32.3 Å². The number of hydrogen-bond donors (Lipinski definition) is 6. The lowest BCUT2D eigenvalue weighted by Gasteiger charge is -2.35. The second-order valence-electron chi connectivity index (χ2n) is 20.0. The number of amides is 7. The summed E-state index contributed by atoms with van der Waals surface area (Å²) in [6.45, 7) is 18.6. The maximum Gasteiger partial charge on any atom is 0.302 e. The highest BCUT2D eigenvalue weighted by molar-refractivity contribution is 5.98. The van der Waals surface area contributed by atoms with Crippen molar-refractivity contribution in [2.75, 3.05) is 13.2 Å². The molecule has 0 saturated carbocycles. The molecule has 1 rings (SSSR count). The molecule has 7 N–H and O–H groups in total. The zero-order valence-corrected chi connectivity index (χ0v) is 42.6. The van der Waals surface area contributed by atoms with Gasteiger partial charge in [-0.1, -0.05) is 113 Å². The van der Waals surface area contributed by atoms with Crippen molar-refractivity contribution in [3.63, 3.8) is 0 Å². The van der Waals surface area contributed by atoms with Gasteiger partial charge in [-0.25, -0.2) is 0 Å². The van der Waals surface area contributed by atoms with Crippen LogP contribution in [0, 0.1) is 17.8 Å². The predicted molar refractivity (Wildman–Crippen MR) is 256 cm³/mol. The van der Waals surface area contributed by atoms with Crippen LogP contribution in [0.15, 0.2) is 0 Å². The van der Waals surface area contributed by atoms with Crippen molar-refractivity contribution in [1.29, 1.82) is 0 Å². The zero-order chi connectivity index (χ0) is 50.9. The van der Waals surface area contributed by atoms with E-state index < -0.39 is 95.2 Å². The number of nitrogens with zero attached hydrogens (tertiary/aromatic N) is 1. The molecule has 0 aromatic carbocycles. The van der Waals surface area contributed by atoms with Crippen molar-refractivity contribution in [3.05, 3.63) is 0 Å². The predicted octanol–water partition coefficient (Wildman–Crippen LogP) is 4.63. The van der Waals surface area contributed by atoms with Crippen molar-refractivity contribution < 1.29 is 52.6 Å². The van der Waals surface area contributed by atoms with Gasteiger partial charge in [-0.15, -0.1) is 0 Å². The second-order valence-corrected chi connectivity index (χ2v) is 20.0. The largest absolute Gasteiger partial charge is 0.464 e. The first kappa shape index (κ1) is 60.2. The van der Waals surface area contributed by atoms with Crippen LogP contribution in [0.4, 0.5) is 0 Å². The first-order valence-electron chi connectivity index (χ1n) is 24.8. The molecule has 0 aromatic rings. The van der Waals surface area contributed by atoms with E-state index >= 15 is 0 Å². The minimum Gasteiger partial charge on any atom is -0.464 e. The molecule has 0 spiro atoms. The van der Waals surface area contributed by atoms with Gasteiger partial charge in [0.1, 0.15) is 42.4 Å². The molecule has 6 atom stereocenters. The van der Waals surface area contributed by atoms with E-state index in [1.165, 1.54) is 63.7 Å². The highest BCUT2D eigenvalue weighted by Crippen LogP contribution is 2.26. The van der Waals surface area contributed by atoms with Gasteiger partial charge in [0.25, 0.3) is 0 Å². The van der Waals surface area contributed by atoms with Gasteiger partial charge in [0, 0.05) is 39.7 Å². The maximum atomic E-state index is 14.3. The molecule has 1 saturated heterocycles. The van der Waals surface area contributed by atoms with Gasteiger partial charge < -0.3 is 46.7 Å². The minimum absolute atomic E-state index is 0.0376. The summed E-state index contributed by atoms with van der Waals surface area (Å²) in [6.07, 6.45) is 12.0. The number of hydrogen-bond acceptors (Lipinski definition) is 11. The highest BCUT2D eigenvalue weighted by atomic mass is 16.5. The van der Waals surface area contributed by atoms with Crippen molar-refractivity contribution >= 4 is 53.3 Å². The molecular weight excluding hydrogens is 863 g/mol. The lowest BCUT2D eigenvalue weighted by molar-refractivity contribution is -0.154. The molecule has 18 nitrogen and oxygen atoms in total. The quantitative estimate of drug-likeness (QED) is 0.0390. The molecule has 1 aliphatic rings. The number of nitrogens with two attached hydrogens (primary N) is 1. The topological polar surface area (TPSA) is 262 Å². The van der Waals surface area contributed by atoms with Gasteiger partial charge in [-0.2, -0.15) is 0 Å². The Bertz CT molecular complexity index is 1620. The zero-order valence-electron chi connectivity index (χ0n) is 42.6. The molecule has 67 heavy (non-hydrogen) atoms. The van der Waals surface area contributed by atoms with Gasteiger partial charge in [0.15, 0.2) is 0 Å². The fourth-order valence-electron chi connectivity index (χ4n) is 8.24. The Kier molecular flexibility index (Phi) is 28.2. The second kappa shape index (κ2) is 31.3. The van der Waals surface area contributed by atoms with E-state index in [1.54, 1.807) is 27.7 Å². The number of nitrogens with one attached hydrogen (secondary N) is 5. The van der Waals surface area contributed by atoms with Crippen LogP contribution in [0.25, 0.3) is 0 Å². The third-order valence-electron chi connectivity index (χ3n) is 11.7. The van der Waals surface area contributed by atoms with E-state index in [-0.39, 0.29) is 63.0 Å². The Labute approximate surface area is 400 Å². The van der Waals surface area contributed by atoms with Crippen LogP contribution >= 0.6 is 0 Å². The van der Waals surface area contributed by atoms with E-state index in [1.807, 2.05) is 27.7 Å². The van der Waals surface area contributed by atoms with E-state index in [2.05, 4.69) is 33.5 Å². The number of carbonyl (C=O) groups is 9. The molecular formula is C49H87N7O11. The van der Waals surface area contributed by atoms with E-state index in [0.29, 0.717) is 12.8 Å². The Balaban J connectivity index is 3.19. The molecule has 0 radical (unpaired) electrons. The standard InChI is InChI=1S/C49H87N7O11/c1-12-13-14-15-16-17-18-19-20-21-22-23-41(60)55-49(10,11)48(65)56-27-26-39(67-35(9)58)43(56)47(64)53-38(29-32(4)5)45(62)54-42(33(6)7)46(63)52-37(24-25-40(50)59)44(61)51-36(28-31(2)3)30-66-34(8)57/h31-33,36-39,42-43H,12-30H2,1-11H3,(H2,50,59)(H,51,61)(H,52,63)(H,53,64)(H,54,62)(H,55,60)/t36-,37-,38-,39-,42-,43-/m0/s1. The Morgan fingerprint density at radius 2 is 1.22 bits per heavy atom. The summed E-state index contributed by atoms with van der Waals surface area (Å²) < 4.78 is 10.7. The van der Waals surface area contributed by atoms with Crippen LogP contribution in [0.1, 0.15) is 185 Å². The average molecular weight is 950 g/mol. The maximum absolute atomic E-state index is 14.3. The van der Waals surface area contributed by atoms with Crippen LogP contribution in [0.3, 0.4) is 0 Å². The lowest BCUT2D eigenvalue weighted by atomic mass is 9.98. The minimum atomic E-state index is -1.42. The van der Waals surface area contributed by atoms with Gasteiger partial charge in [0.2, 0.25) is 41.4 Å².